The molecule has 0 unspecified atom stereocenters. The monoisotopic (exact) mass is 225 g/mol. The highest BCUT2D eigenvalue weighted by atomic mass is 16.5. The van der Waals surface area contributed by atoms with Crippen LogP contribution in [0.15, 0.2) is 12.4 Å². The Morgan fingerprint density at radius 1 is 1.50 bits per heavy atom. The molecule has 0 saturated carbocycles. The van der Waals surface area contributed by atoms with Gasteiger partial charge in [0.05, 0.1) is 19.3 Å². The van der Waals surface area contributed by atoms with E-state index in [0.717, 1.165) is 32.8 Å². The van der Waals surface area contributed by atoms with Crippen molar-refractivity contribution in [3.05, 3.63) is 18.0 Å². The van der Waals surface area contributed by atoms with Crippen LogP contribution in [0.1, 0.15) is 26.3 Å². The molecule has 0 bridgehead atoms. The number of ether oxygens (including phenoxy) is 1. The van der Waals surface area contributed by atoms with Gasteiger partial charge in [0.1, 0.15) is 0 Å². The molecular weight excluding hydrogens is 202 g/mol. The zero-order chi connectivity index (χ0) is 11.8. The van der Waals surface area contributed by atoms with Gasteiger partial charge in [-0.25, -0.2) is 0 Å². The lowest BCUT2D eigenvalue weighted by molar-refractivity contribution is 0.136. The molecule has 4 nitrogen and oxygen atoms in total. The lowest BCUT2D eigenvalue weighted by Crippen LogP contribution is -2.18. The molecule has 0 aromatic carbocycles. The van der Waals surface area contributed by atoms with Gasteiger partial charge in [-0.2, -0.15) is 5.10 Å². The topological polar surface area (TPSA) is 39.1 Å². The largest absolute Gasteiger partial charge is 0.380 e. The quantitative estimate of drug-likeness (QED) is 0.684. The van der Waals surface area contributed by atoms with E-state index in [1.54, 1.807) is 0 Å². The van der Waals surface area contributed by atoms with Gasteiger partial charge >= 0.3 is 0 Å². The minimum atomic E-state index is 0.688. The summed E-state index contributed by atoms with van der Waals surface area (Å²) in [4.78, 5) is 0. The predicted molar refractivity (Wildman–Crippen MR) is 65.3 cm³/mol. The van der Waals surface area contributed by atoms with Crippen molar-refractivity contribution in [2.75, 3.05) is 19.8 Å². The number of aromatic nitrogens is 2. The smallest absolute Gasteiger partial charge is 0.0662 e. The molecule has 0 radical (unpaired) electrons. The van der Waals surface area contributed by atoms with Gasteiger partial charge in [-0.05, 0) is 19.4 Å². The second-order valence-electron chi connectivity index (χ2n) is 4.33. The second kappa shape index (κ2) is 7.41. The first kappa shape index (κ1) is 13.2. The van der Waals surface area contributed by atoms with E-state index >= 15 is 0 Å². The molecule has 4 heteroatoms. The Balaban J connectivity index is 2.22. The Morgan fingerprint density at radius 3 is 3.00 bits per heavy atom. The third-order valence-corrected chi connectivity index (χ3v) is 2.24. The minimum absolute atomic E-state index is 0.688. The Hall–Kier alpha value is -0.870. The summed E-state index contributed by atoms with van der Waals surface area (Å²) in [6, 6.07) is 0. The maximum Gasteiger partial charge on any atom is 0.0662 e. The van der Waals surface area contributed by atoms with Crippen molar-refractivity contribution >= 4 is 0 Å². The molecule has 0 saturated heterocycles. The summed E-state index contributed by atoms with van der Waals surface area (Å²) in [6.45, 7) is 10.7. The molecule has 0 amide bonds. The van der Waals surface area contributed by atoms with Gasteiger partial charge in [-0.1, -0.05) is 13.8 Å². The molecule has 1 heterocycles. The van der Waals surface area contributed by atoms with Crippen molar-refractivity contribution in [1.82, 2.24) is 15.1 Å². The average molecular weight is 225 g/mol. The number of hydrogen-bond donors (Lipinski definition) is 1. The van der Waals surface area contributed by atoms with Crippen LogP contribution in [0.2, 0.25) is 0 Å². The Morgan fingerprint density at radius 2 is 2.31 bits per heavy atom. The Bertz CT molecular complexity index is 284. The fourth-order valence-electron chi connectivity index (χ4n) is 1.43. The first-order valence-electron chi connectivity index (χ1n) is 6.02. The molecule has 92 valence electrons. The summed E-state index contributed by atoms with van der Waals surface area (Å²) in [5.74, 6) is 0.688. The van der Waals surface area contributed by atoms with Crippen LogP contribution in [-0.4, -0.2) is 29.5 Å². The molecule has 0 aliphatic rings. The van der Waals surface area contributed by atoms with Crippen molar-refractivity contribution < 1.29 is 4.74 Å². The van der Waals surface area contributed by atoms with Gasteiger partial charge in [-0.15, -0.1) is 0 Å². The van der Waals surface area contributed by atoms with E-state index in [9.17, 15) is 0 Å². The van der Waals surface area contributed by atoms with E-state index in [-0.39, 0.29) is 0 Å². The van der Waals surface area contributed by atoms with Crippen LogP contribution in [0.5, 0.6) is 0 Å². The SMILES string of the molecule is CCOCCn1cc(CNCC(C)C)cn1. The van der Waals surface area contributed by atoms with Crippen molar-refractivity contribution in [2.45, 2.75) is 33.9 Å². The highest BCUT2D eigenvalue weighted by molar-refractivity contribution is 5.03. The first-order valence-corrected chi connectivity index (χ1v) is 6.02. The van der Waals surface area contributed by atoms with Gasteiger partial charge in [0.25, 0.3) is 0 Å². The van der Waals surface area contributed by atoms with E-state index in [1.807, 2.05) is 17.8 Å². The number of hydrogen-bond acceptors (Lipinski definition) is 3. The van der Waals surface area contributed by atoms with Gasteiger partial charge in [-0.3, -0.25) is 4.68 Å². The van der Waals surface area contributed by atoms with Crippen LogP contribution >= 0.6 is 0 Å². The number of nitrogens with one attached hydrogen (secondary N) is 1. The average Bonchev–Trinajstić information content (AvgIpc) is 2.66. The molecule has 0 aliphatic heterocycles. The summed E-state index contributed by atoms with van der Waals surface area (Å²) in [5.41, 5.74) is 1.23. The Kier molecular flexibility index (Phi) is 6.11. The standard InChI is InChI=1S/C12H23N3O/c1-4-16-6-5-15-10-12(9-14-15)8-13-7-11(2)3/h9-11,13H,4-8H2,1-3H3. The van der Waals surface area contributed by atoms with Crippen LogP contribution in [0, 0.1) is 5.92 Å². The molecular formula is C12H23N3O. The van der Waals surface area contributed by atoms with Gasteiger partial charge < -0.3 is 10.1 Å². The van der Waals surface area contributed by atoms with Crippen molar-refractivity contribution in [3.63, 3.8) is 0 Å². The molecule has 1 aromatic heterocycles. The molecule has 0 aliphatic carbocycles. The maximum atomic E-state index is 5.28. The van der Waals surface area contributed by atoms with Crippen LogP contribution in [0.3, 0.4) is 0 Å². The van der Waals surface area contributed by atoms with Crippen molar-refractivity contribution in [2.24, 2.45) is 5.92 Å². The summed E-state index contributed by atoms with van der Waals surface area (Å²) in [5, 5.41) is 7.68. The lowest BCUT2D eigenvalue weighted by atomic mass is 10.2. The second-order valence-corrected chi connectivity index (χ2v) is 4.33. The maximum absolute atomic E-state index is 5.28. The Labute approximate surface area is 98.0 Å². The molecule has 0 fully saturated rings. The lowest BCUT2D eigenvalue weighted by Gasteiger charge is -2.05. The van der Waals surface area contributed by atoms with E-state index in [2.05, 4.69) is 30.5 Å². The van der Waals surface area contributed by atoms with Gasteiger partial charge in [0.15, 0.2) is 0 Å². The van der Waals surface area contributed by atoms with Gasteiger partial charge in [0, 0.05) is 24.9 Å². The fourth-order valence-corrected chi connectivity index (χ4v) is 1.43. The molecule has 1 rings (SSSR count). The van der Waals surface area contributed by atoms with Crippen LogP contribution in [0.4, 0.5) is 0 Å². The van der Waals surface area contributed by atoms with Crippen LogP contribution in [0.25, 0.3) is 0 Å². The summed E-state index contributed by atoms with van der Waals surface area (Å²) >= 11 is 0. The highest BCUT2D eigenvalue weighted by Gasteiger charge is 1.99. The molecule has 1 aromatic rings. The normalized spacial score (nSPS) is 11.2. The zero-order valence-corrected chi connectivity index (χ0v) is 10.6. The first-order chi connectivity index (χ1) is 7.72. The fraction of sp³-hybridized carbons (Fsp3) is 0.750. The van der Waals surface area contributed by atoms with Gasteiger partial charge in [0.2, 0.25) is 0 Å². The molecule has 16 heavy (non-hydrogen) atoms. The van der Waals surface area contributed by atoms with E-state index in [1.165, 1.54) is 5.56 Å². The van der Waals surface area contributed by atoms with E-state index in [4.69, 9.17) is 4.74 Å². The highest BCUT2D eigenvalue weighted by Crippen LogP contribution is 1.98. The molecule has 0 atom stereocenters. The molecule has 0 spiro atoms. The van der Waals surface area contributed by atoms with E-state index in [0.29, 0.717) is 5.92 Å². The molecule has 1 N–H and O–H groups in total. The number of rotatable bonds is 8. The van der Waals surface area contributed by atoms with E-state index < -0.39 is 0 Å². The predicted octanol–water partition coefficient (Wildman–Crippen LogP) is 1.67. The summed E-state index contributed by atoms with van der Waals surface area (Å²) in [7, 11) is 0. The van der Waals surface area contributed by atoms with Crippen LogP contribution in [-0.2, 0) is 17.8 Å². The summed E-state index contributed by atoms with van der Waals surface area (Å²) < 4.78 is 7.22. The third-order valence-electron chi connectivity index (χ3n) is 2.24. The number of nitrogens with zero attached hydrogens (tertiary/aromatic N) is 2. The van der Waals surface area contributed by atoms with Crippen molar-refractivity contribution in [3.8, 4) is 0 Å². The zero-order valence-electron chi connectivity index (χ0n) is 10.6. The van der Waals surface area contributed by atoms with Crippen LogP contribution < -0.4 is 5.32 Å². The summed E-state index contributed by atoms with van der Waals surface area (Å²) in [6.07, 6.45) is 3.99. The van der Waals surface area contributed by atoms with Crippen molar-refractivity contribution in [1.29, 1.82) is 0 Å². The third kappa shape index (κ3) is 5.28. The minimum Gasteiger partial charge on any atom is -0.380 e.